The standard InChI is InChI=1S/C9H19NO2.CH4/c1-7(2)6-12-8(11)9(3,4)10-5;/h7,10H,6H2,1-5H3;1H4. The third kappa shape index (κ3) is 5.64. The van der Waals surface area contributed by atoms with Crippen LogP contribution in [-0.4, -0.2) is 25.2 Å². The van der Waals surface area contributed by atoms with Crippen LogP contribution in [0.3, 0.4) is 0 Å². The van der Waals surface area contributed by atoms with E-state index in [-0.39, 0.29) is 13.4 Å². The maximum atomic E-state index is 11.3. The first-order valence-corrected chi connectivity index (χ1v) is 4.26. The maximum Gasteiger partial charge on any atom is 0.325 e. The number of rotatable bonds is 4. The molecule has 0 radical (unpaired) electrons. The Bertz CT molecular complexity index is 153. The van der Waals surface area contributed by atoms with E-state index in [4.69, 9.17) is 4.74 Å². The highest BCUT2D eigenvalue weighted by Crippen LogP contribution is 2.05. The molecule has 13 heavy (non-hydrogen) atoms. The topological polar surface area (TPSA) is 38.3 Å². The highest BCUT2D eigenvalue weighted by atomic mass is 16.5. The number of hydrogen-bond donors (Lipinski definition) is 1. The number of carbonyl (C=O) groups excluding carboxylic acids is 1. The average Bonchev–Trinajstić information content (AvgIpc) is 2.00. The van der Waals surface area contributed by atoms with Crippen LogP contribution in [0.25, 0.3) is 0 Å². The molecule has 0 aliphatic rings. The molecular weight excluding hydrogens is 166 g/mol. The van der Waals surface area contributed by atoms with Crippen molar-refractivity contribution in [3.8, 4) is 0 Å². The number of nitrogens with one attached hydrogen (secondary N) is 1. The zero-order valence-corrected chi connectivity index (χ0v) is 8.60. The normalized spacial score (nSPS) is 10.9. The number of ether oxygens (including phenoxy) is 1. The van der Waals surface area contributed by atoms with Crippen molar-refractivity contribution in [2.45, 2.75) is 40.7 Å². The Morgan fingerprint density at radius 1 is 1.46 bits per heavy atom. The van der Waals surface area contributed by atoms with Crippen LogP contribution < -0.4 is 5.32 Å². The molecule has 0 aliphatic carbocycles. The van der Waals surface area contributed by atoms with E-state index in [2.05, 4.69) is 5.32 Å². The summed E-state index contributed by atoms with van der Waals surface area (Å²) in [5, 5.41) is 2.89. The summed E-state index contributed by atoms with van der Waals surface area (Å²) in [4.78, 5) is 11.3. The molecular formula is C10H23NO2. The summed E-state index contributed by atoms with van der Waals surface area (Å²) in [6.07, 6.45) is 0. The van der Waals surface area contributed by atoms with Crippen molar-refractivity contribution in [3.05, 3.63) is 0 Å². The van der Waals surface area contributed by atoms with Crippen molar-refractivity contribution in [2.75, 3.05) is 13.7 Å². The maximum absolute atomic E-state index is 11.3. The first kappa shape index (κ1) is 14.9. The molecule has 3 heteroatoms. The summed E-state index contributed by atoms with van der Waals surface area (Å²) in [7, 11) is 1.75. The molecule has 0 fully saturated rings. The van der Waals surface area contributed by atoms with Gasteiger partial charge in [0.1, 0.15) is 5.54 Å². The smallest absolute Gasteiger partial charge is 0.325 e. The van der Waals surface area contributed by atoms with Gasteiger partial charge < -0.3 is 10.1 Å². The van der Waals surface area contributed by atoms with Gasteiger partial charge in [0.05, 0.1) is 6.61 Å². The Morgan fingerprint density at radius 2 is 1.92 bits per heavy atom. The average molecular weight is 189 g/mol. The highest BCUT2D eigenvalue weighted by molar-refractivity contribution is 5.79. The van der Waals surface area contributed by atoms with Gasteiger partial charge in [0.2, 0.25) is 0 Å². The van der Waals surface area contributed by atoms with Gasteiger partial charge in [-0.05, 0) is 26.8 Å². The summed E-state index contributed by atoms with van der Waals surface area (Å²) in [6.45, 7) is 8.12. The molecule has 0 bridgehead atoms. The van der Waals surface area contributed by atoms with Crippen molar-refractivity contribution >= 4 is 5.97 Å². The second kappa shape index (κ2) is 5.97. The summed E-state index contributed by atoms with van der Waals surface area (Å²) in [5.74, 6) is 0.195. The lowest BCUT2D eigenvalue weighted by molar-refractivity contribution is -0.151. The first-order chi connectivity index (χ1) is 5.40. The second-order valence-electron chi connectivity index (χ2n) is 3.87. The second-order valence-corrected chi connectivity index (χ2v) is 3.87. The Balaban J connectivity index is 0. The van der Waals surface area contributed by atoms with Gasteiger partial charge in [-0.1, -0.05) is 21.3 Å². The SMILES string of the molecule is C.CNC(C)(C)C(=O)OCC(C)C. The fourth-order valence-electron chi connectivity index (χ4n) is 0.525. The number of esters is 1. The number of likely N-dealkylation sites (N-methyl/N-ethyl adjacent to an activating group) is 1. The van der Waals surface area contributed by atoms with Crippen LogP contribution in [0, 0.1) is 5.92 Å². The molecule has 0 aromatic rings. The fraction of sp³-hybridized carbons (Fsp3) is 0.900. The Labute approximate surface area is 81.9 Å². The predicted molar refractivity (Wildman–Crippen MR) is 55.7 cm³/mol. The quantitative estimate of drug-likeness (QED) is 0.686. The third-order valence-corrected chi connectivity index (χ3v) is 1.68. The molecule has 0 heterocycles. The molecule has 0 spiro atoms. The molecule has 0 atom stereocenters. The highest BCUT2D eigenvalue weighted by Gasteiger charge is 2.26. The monoisotopic (exact) mass is 189 g/mol. The van der Waals surface area contributed by atoms with Gasteiger partial charge in [-0.15, -0.1) is 0 Å². The van der Waals surface area contributed by atoms with Crippen molar-refractivity contribution in [2.24, 2.45) is 5.92 Å². The van der Waals surface area contributed by atoms with Crippen molar-refractivity contribution in [1.29, 1.82) is 0 Å². The first-order valence-electron chi connectivity index (χ1n) is 4.26. The third-order valence-electron chi connectivity index (χ3n) is 1.68. The molecule has 3 nitrogen and oxygen atoms in total. The molecule has 1 N–H and O–H groups in total. The molecule has 0 rings (SSSR count). The summed E-state index contributed by atoms with van der Waals surface area (Å²) < 4.78 is 5.06. The van der Waals surface area contributed by atoms with Crippen LogP contribution in [0.5, 0.6) is 0 Å². The van der Waals surface area contributed by atoms with Gasteiger partial charge in [0.25, 0.3) is 0 Å². The van der Waals surface area contributed by atoms with E-state index >= 15 is 0 Å². The molecule has 0 amide bonds. The minimum absolute atomic E-state index is 0. The summed E-state index contributed by atoms with van der Waals surface area (Å²) in [6, 6.07) is 0. The molecule has 80 valence electrons. The van der Waals surface area contributed by atoms with Gasteiger partial charge in [0.15, 0.2) is 0 Å². The lowest BCUT2D eigenvalue weighted by Crippen LogP contribution is -2.45. The minimum atomic E-state index is -0.575. The van der Waals surface area contributed by atoms with E-state index in [1.165, 1.54) is 0 Å². The van der Waals surface area contributed by atoms with Crippen LogP contribution >= 0.6 is 0 Å². The van der Waals surface area contributed by atoms with Gasteiger partial charge in [-0.2, -0.15) is 0 Å². The van der Waals surface area contributed by atoms with Crippen LogP contribution in [0.15, 0.2) is 0 Å². The molecule has 0 aromatic heterocycles. The molecule has 0 saturated heterocycles. The van der Waals surface area contributed by atoms with Gasteiger partial charge in [-0.25, -0.2) is 0 Å². The van der Waals surface area contributed by atoms with Crippen molar-refractivity contribution < 1.29 is 9.53 Å². The van der Waals surface area contributed by atoms with Gasteiger partial charge >= 0.3 is 5.97 Å². The van der Waals surface area contributed by atoms with Crippen LogP contribution in [0.4, 0.5) is 0 Å². The fourth-order valence-corrected chi connectivity index (χ4v) is 0.525. The summed E-state index contributed by atoms with van der Waals surface area (Å²) in [5.41, 5.74) is -0.575. The van der Waals surface area contributed by atoms with Crippen LogP contribution in [-0.2, 0) is 9.53 Å². The van der Waals surface area contributed by atoms with E-state index in [0.29, 0.717) is 12.5 Å². The molecule has 0 saturated carbocycles. The predicted octanol–water partition coefficient (Wildman–Crippen LogP) is 1.82. The Kier molecular flexibility index (Phi) is 6.86. The Hall–Kier alpha value is -0.570. The number of carbonyl (C=O) groups is 1. The number of hydrogen-bond acceptors (Lipinski definition) is 3. The van der Waals surface area contributed by atoms with E-state index in [1.54, 1.807) is 20.9 Å². The summed E-state index contributed by atoms with van der Waals surface area (Å²) >= 11 is 0. The molecule has 0 unspecified atom stereocenters. The molecule has 0 aromatic carbocycles. The van der Waals surface area contributed by atoms with E-state index < -0.39 is 5.54 Å². The minimum Gasteiger partial charge on any atom is -0.464 e. The van der Waals surface area contributed by atoms with Gasteiger partial charge in [0, 0.05) is 0 Å². The zero-order valence-electron chi connectivity index (χ0n) is 8.60. The van der Waals surface area contributed by atoms with E-state index in [0.717, 1.165) is 0 Å². The zero-order chi connectivity index (χ0) is 9.78. The van der Waals surface area contributed by atoms with Crippen LogP contribution in [0.1, 0.15) is 35.1 Å². The largest absolute Gasteiger partial charge is 0.464 e. The van der Waals surface area contributed by atoms with Crippen molar-refractivity contribution in [1.82, 2.24) is 5.32 Å². The Morgan fingerprint density at radius 3 is 2.23 bits per heavy atom. The lowest BCUT2D eigenvalue weighted by atomic mass is 10.1. The van der Waals surface area contributed by atoms with Crippen LogP contribution in [0.2, 0.25) is 0 Å². The van der Waals surface area contributed by atoms with Crippen molar-refractivity contribution in [3.63, 3.8) is 0 Å². The van der Waals surface area contributed by atoms with E-state index in [1.807, 2.05) is 13.8 Å². The lowest BCUT2D eigenvalue weighted by Gasteiger charge is -2.22. The molecule has 0 aliphatic heterocycles. The van der Waals surface area contributed by atoms with E-state index in [9.17, 15) is 4.79 Å². The van der Waals surface area contributed by atoms with Gasteiger partial charge in [-0.3, -0.25) is 4.79 Å².